The second-order valence-electron chi connectivity index (χ2n) is 5.01. The standard InChI is InChI=1S/C14H20N2O4/c1-8(2)11(12(15)13(17)18)14(19)20-7-10-6-4-5-9(3)16-10/h4-6,8,11-12H,7,15H2,1-3H3,(H,17,18)/t11?,12-/m0/s1. The van der Waals surface area contributed by atoms with Crippen molar-refractivity contribution >= 4 is 11.9 Å². The third-order valence-corrected chi connectivity index (χ3v) is 2.97. The molecule has 1 heterocycles. The van der Waals surface area contributed by atoms with Gasteiger partial charge in [0.2, 0.25) is 0 Å². The van der Waals surface area contributed by atoms with Crippen molar-refractivity contribution in [2.24, 2.45) is 17.6 Å². The van der Waals surface area contributed by atoms with Gasteiger partial charge < -0.3 is 15.6 Å². The van der Waals surface area contributed by atoms with Crippen molar-refractivity contribution in [2.45, 2.75) is 33.4 Å². The van der Waals surface area contributed by atoms with Gasteiger partial charge in [-0.1, -0.05) is 19.9 Å². The summed E-state index contributed by atoms with van der Waals surface area (Å²) in [6, 6.07) is 4.12. The second kappa shape index (κ2) is 7.00. The van der Waals surface area contributed by atoms with Crippen molar-refractivity contribution in [1.29, 1.82) is 0 Å². The lowest BCUT2D eigenvalue weighted by Crippen LogP contribution is -2.45. The molecule has 110 valence electrons. The number of nitrogens with two attached hydrogens (primary N) is 1. The maximum Gasteiger partial charge on any atom is 0.321 e. The lowest BCUT2D eigenvalue weighted by Gasteiger charge is -2.22. The Balaban J connectivity index is 2.70. The summed E-state index contributed by atoms with van der Waals surface area (Å²) in [6.07, 6.45) is 0. The minimum atomic E-state index is -1.27. The Hall–Kier alpha value is -1.95. The van der Waals surface area contributed by atoms with Crippen LogP contribution in [-0.4, -0.2) is 28.1 Å². The van der Waals surface area contributed by atoms with Crippen LogP contribution in [0.5, 0.6) is 0 Å². The molecule has 0 aromatic carbocycles. The summed E-state index contributed by atoms with van der Waals surface area (Å²) in [4.78, 5) is 27.1. The van der Waals surface area contributed by atoms with Crippen molar-refractivity contribution in [1.82, 2.24) is 4.98 Å². The summed E-state index contributed by atoms with van der Waals surface area (Å²) in [7, 11) is 0. The van der Waals surface area contributed by atoms with Crippen LogP contribution in [0.1, 0.15) is 25.2 Å². The van der Waals surface area contributed by atoms with E-state index in [0.717, 1.165) is 5.69 Å². The third kappa shape index (κ3) is 4.31. The van der Waals surface area contributed by atoms with Gasteiger partial charge in [0.15, 0.2) is 0 Å². The van der Waals surface area contributed by atoms with Gasteiger partial charge in [-0.2, -0.15) is 0 Å². The van der Waals surface area contributed by atoms with Crippen molar-refractivity contribution in [2.75, 3.05) is 0 Å². The van der Waals surface area contributed by atoms with Crippen LogP contribution in [0.15, 0.2) is 18.2 Å². The number of carboxylic acid groups (broad SMARTS) is 1. The van der Waals surface area contributed by atoms with Gasteiger partial charge in [-0.05, 0) is 25.0 Å². The first-order valence-corrected chi connectivity index (χ1v) is 6.40. The molecule has 2 atom stereocenters. The first-order valence-electron chi connectivity index (χ1n) is 6.40. The molecular weight excluding hydrogens is 260 g/mol. The van der Waals surface area contributed by atoms with Crippen LogP contribution in [-0.2, 0) is 20.9 Å². The van der Waals surface area contributed by atoms with Crippen LogP contribution in [0.4, 0.5) is 0 Å². The zero-order valence-electron chi connectivity index (χ0n) is 11.9. The van der Waals surface area contributed by atoms with E-state index in [4.69, 9.17) is 15.6 Å². The molecule has 1 unspecified atom stereocenters. The number of carbonyl (C=O) groups excluding carboxylic acids is 1. The Morgan fingerprint density at radius 2 is 2.05 bits per heavy atom. The molecule has 1 aromatic heterocycles. The van der Waals surface area contributed by atoms with E-state index in [9.17, 15) is 9.59 Å². The Bertz CT molecular complexity index is 488. The van der Waals surface area contributed by atoms with Crippen molar-refractivity contribution in [3.8, 4) is 0 Å². The molecule has 20 heavy (non-hydrogen) atoms. The summed E-state index contributed by atoms with van der Waals surface area (Å²) in [5.74, 6) is -2.93. The van der Waals surface area contributed by atoms with Crippen molar-refractivity contribution in [3.63, 3.8) is 0 Å². The number of ether oxygens (including phenoxy) is 1. The average molecular weight is 280 g/mol. The van der Waals surface area contributed by atoms with Crippen LogP contribution < -0.4 is 5.73 Å². The SMILES string of the molecule is Cc1cccc(COC(=O)C(C(C)C)[C@H](N)C(=O)O)n1. The fourth-order valence-corrected chi connectivity index (χ4v) is 1.91. The van der Waals surface area contributed by atoms with Gasteiger partial charge in [-0.25, -0.2) is 0 Å². The highest BCUT2D eigenvalue weighted by Crippen LogP contribution is 2.17. The highest BCUT2D eigenvalue weighted by atomic mass is 16.5. The van der Waals surface area contributed by atoms with E-state index in [1.54, 1.807) is 19.9 Å². The highest BCUT2D eigenvalue weighted by molar-refractivity contribution is 5.83. The average Bonchev–Trinajstić information content (AvgIpc) is 2.36. The molecule has 0 amide bonds. The first kappa shape index (κ1) is 16.1. The summed E-state index contributed by atoms with van der Waals surface area (Å²) in [5.41, 5.74) is 6.98. The van der Waals surface area contributed by atoms with Crippen LogP contribution in [0.2, 0.25) is 0 Å². The Morgan fingerprint density at radius 3 is 2.55 bits per heavy atom. The minimum Gasteiger partial charge on any atom is -0.480 e. The number of aliphatic carboxylic acids is 1. The highest BCUT2D eigenvalue weighted by Gasteiger charge is 2.34. The monoisotopic (exact) mass is 280 g/mol. The zero-order valence-corrected chi connectivity index (χ0v) is 11.9. The number of hydrogen-bond acceptors (Lipinski definition) is 5. The first-order chi connectivity index (χ1) is 9.32. The maximum absolute atomic E-state index is 12.0. The van der Waals surface area contributed by atoms with Crippen LogP contribution in [0.25, 0.3) is 0 Å². The molecule has 0 aliphatic heterocycles. The number of carboxylic acids is 1. The maximum atomic E-state index is 12.0. The van der Waals surface area contributed by atoms with E-state index in [1.165, 1.54) is 0 Å². The normalized spacial score (nSPS) is 13.8. The van der Waals surface area contributed by atoms with Gasteiger partial charge in [-0.3, -0.25) is 14.6 Å². The number of aromatic nitrogens is 1. The van der Waals surface area contributed by atoms with Crippen LogP contribution >= 0.6 is 0 Å². The van der Waals surface area contributed by atoms with E-state index >= 15 is 0 Å². The lowest BCUT2D eigenvalue weighted by molar-refractivity contribution is -0.157. The molecule has 1 rings (SSSR count). The topological polar surface area (TPSA) is 103 Å². The predicted molar refractivity (Wildman–Crippen MR) is 72.7 cm³/mol. The molecule has 1 aromatic rings. The molecule has 3 N–H and O–H groups in total. The number of nitrogens with zero attached hydrogens (tertiary/aromatic N) is 1. The molecule has 0 saturated heterocycles. The zero-order chi connectivity index (χ0) is 15.3. The molecule has 0 radical (unpaired) electrons. The summed E-state index contributed by atoms with van der Waals surface area (Å²) in [5, 5.41) is 8.93. The van der Waals surface area contributed by atoms with E-state index in [-0.39, 0.29) is 12.5 Å². The molecule has 0 bridgehead atoms. The molecule has 6 heteroatoms. The van der Waals surface area contributed by atoms with Gasteiger partial charge in [0.25, 0.3) is 0 Å². The van der Waals surface area contributed by atoms with E-state index in [0.29, 0.717) is 5.69 Å². The molecule has 0 spiro atoms. The number of rotatable bonds is 6. The fraction of sp³-hybridized carbons (Fsp3) is 0.500. The Labute approximate surface area is 118 Å². The quantitative estimate of drug-likeness (QED) is 0.757. The Morgan fingerprint density at radius 1 is 1.40 bits per heavy atom. The number of carbonyl (C=O) groups is 2. The smallest absolute Gasteiger partial charge is 0.321 e. The summed E-state index contributed by atoms with van der Waals surface area (Å²) in [6.45, 7) is 5.32. The Kier molecular flexibility index (Phi) is 5.64. The fourth-order valence-electron chi connectivity index (χ4n) is 1.91. The molecule has 6 nitrogen and oxygen atoms in total. The predicted octanol–water partition coefficient (Wildman–Crippen LogP) is 1.12. The van der Waals surface area contributed by atoms with E-state index < -0.39 is 23.9 Å². The van der Waals surface area contributed by atoms with Gasteiger partial charge in [0.1, 0.15) is 12.6 Å². The van der Waals surface area contributed by atoms with Crippen LogP contribution in [0.3, 0.4) is 0 Å². The largest absolute Gasteiger partial charge is 0.480 e. The van der Waals surface area contributed by atoms with Gasteiger partial charge in [0, 0.05) is 5.69 Å². The van der Waals surface area contributed by atoms with E-state index in [1.807, 2.05) is 19.1 Å². The number of esters is 1. The lowest BCUT2D eigenvalue weighted by atomic mass is 9.89. The number of aryl methyl sites for hydroxylation is 1. The second-order valence-corrected chi connectivity index (χ2v) is 5.01. The van der Waals surface area contributed by atoms with E-state index in [2.05, 4.69) is 4.98 Å². The summed E-state index contributed by atoms with van der Waals surface area (Å²) < 4.78 is 5.13. The molecular formula is C14H20N2O4. The molecule has 0 aliphatic carbocycles. The van der Waals surface area contributed by atoms with Crippen LogP contribution in [0, 0.1) is 18.8 Å². The molecule has 0 saturated carbocycles. The molecule has 0 fully saturated rings. The number of hydrogen-bond donors (Lipinski definition) is 2. The van der Waals surface area contributed by atoms with Gasteiger partial charge in [0.05, 0.1) is 11.6 Å². The third-order valence-electron chi connectivity index (χ3n) is 2.97. The van der Waals surface area contributed by atoms with Gasteiger partial charge >= 0.3 is 11.9 Å². The minimum absolute atomic E-state index is 0.00999. The number of pyridine rings is 1. The van der Waals surface area contributed by atoms with Gasteiger partial charge in [-0.15, -0.1) is 0 Å². The molecule has 0 aliphatic rings. The summed E-state index contributed by atoms with van der Waals surface area (Å²) >= 11 is 0. The van der Waals surface area contributed by atoms with Crippen molar-refractivity contribution in [3.05, 3.63) is 29.6 Å². The van der Waals surface area contributed by atoms with Crippen molar-refractivity contribution < 1.29 is 19.4 Å².